The van der Waals surface area contributed by atoms with Crippen molar-refractivity contribution in [2.45, 2.75) is 25.7 Å². The quantitative estimate of drug-likeness (QED) is 0.639. The molecule has 0 atom stereocenters. The van der Waals surface area contributed by atoms with E-state index < -0.39 is 16.0 Å². The van der Waals surface area contributed by atoms with Gasteiger partial charge in [-0.25, -0.2) is 4.79 Å². The Kier molecular flexibility index (Phi) is 4.86. The third kappa shape index (κ3) is 3.96. The Morgan fingerprint density at radius 3 is 2.43 bits per heavy atom. The Morgan fingerprint density at radius 1 is 1.17 bits per heavy atom. The van der Waals surface area contributed by atoms with Crippen molar-refractivity contribution in [3.63, 3.8) is 0 Å². The second kappa shape index (κ2) is 6.51. The van der Waals surface area contributed by atoms with Crippen LogP contribution < -0.4 is 4.83 Å². The van der Waals surface area contributed by atoms with E-state index in [9.17, 15) is 13.2 Å². The summed E-state index contributed by atoms with van der Waals surface area (Å²) in [4.78, 5) is 14.0. The Bertz CT molecular complexity index is 883. The van der Waals surface area contributed by atoms with Gasteiger partial charge in [-0.05, 0) is 50.1 Å². The van der Waals surface area contributed by atoms with Crippen molar-refractivity contribution in [2.75, 3.05) is 0 Å². The van der Waals surface area contributed by atoms with E-state index in [-0.39, 0.29) is 9.77 Å². The molecule has 8 heteroatoms. The summed E-state index contributed by atoms with van der Waals surface area (Å²) in [6.45, 7) is 5.14. The minimum absolute atomic E-state index is 0.173. The van der Waals surface area contributed by atoms with E-state index in [1.807, 2.05) is 13.0 Å². The predicted molar refractivity (Wildman–Crippen MR) is 89.7 cm³/mol. The normalized spacial score (nSPS) is 12.2. The van der Waals surface area contributed by atoms with Crippen LogP contribution in [-0.4, -0.2) is 25.2 Å². The van der Waals surface area contributed by atoms with Gasteiger partial charge in [0.05, 0.1) is 15.5 Å². The van der Waals surface area contributed by atoms with Crippen LogP contribution in [0, 0.1) is 13.8 Å². The van der Waals surface area contributed by atoms with Gasteiger partial charge in [0, 0.05) is 0 Å². The number of carboxylic acid groups (broad SMARTS) is 1. The first-order valence-corrected chi connectivity index (χ1v) is 8.97. The van der Waals surface area contributed by atoms with E-state index in [4.69, 9.17) is 5.11 Å². The summed E-state index contributed by atoms with van der Waals surface area (Å²) < 4.78 is 24.7. The number of thiophene rings is 1. The number of nitrogens with one attached hydrogen (secondary N) is 1. The monoisotopic (exact) mass is 352 g/mol. The average molecular weight is 352 g/mol. The van der Waals surface area contributed by atoms with Crippen molar-refractivity contribution in [1.29, 1.82) is 0 Å². The van der Waals surface area contributed by atoms with Crippen LogP contribution in [0.5, 0.6) is 0 Å². The maximum absolute atomic E-state index is 12.3. The molecule has 0 bridgehead atoms. The van der Waals surface area contributed by atoms with E-state index in [2.05, 4.69) is 9.93 Å². The molecule has 1 heterocycles. The van der Waals surface area contributed by atoms with Gasteiger partial charge in [0.1, 0.15) is 4.88 Å². The number of benzene rings is 1. The molecule has 0 fully saturated rings. The summed E-state index contributed by atoms with van der Waals surface area (Å²) in [5.74, 6) is -1.02. The van der Waals surface area contributed by atoms with Crippen LogP contribution in [0.25, 0.3) is 0 Å². The average Bonchev–Trinajstić information content (AvgIpc) is 2.97. The molecule has 0 aliphatic rings. The first kappa shape index (κ1) is 17.2. The van der Waals surface area contributed by atoms with Crippen molar-refractivity contribution in [2.24, 2.45) is 5.10 Å². The molecule has 6 nitrogen and oxygen atoms in total. The number of aromatic carboxylic acids is 1. The number of aryl methyl sites for hydroxylation is 2. The first-order valence-electron chi connectivity index (χ1n) is 6.67. The molecule has 0 aliphatic heterocycles. The molecule has 0 saturated heterocycles. The molecule has 0 unspecified atom stereocenters. The summed E-state index contributed by atoms with van der Waals surface area (Å²) >= 11 is 1.04. The maximum atomic E-state index is 12.3. The van der Waals surface area contributed by atoms with Gasteiger partial charge in [-0.1, -0.05) is 12.1 Å². The van der Waals surface area contributed by atoms with Crippen molar-refractivity contribution in [3.8, 4) is 0 Å². The van der Waals surface area contributed by atoms with Crippen LogP contribution in [0.2, 0.25) is 0 Å². The fraction of sp³-hybridized carbons (Fsp3) is 0.200. The van der Waals surface area contributed by atoms with Crippen LogP contribution in [0.3, 0.4) is 0 Å². The summed E-state index contributed by atoms with van der Waals surface area (Å²) in [5.41, 5.74) is 1.86. The van der Waals surface area contributed by atoms with Gasteiger partial charge < -0.3 is 5.11 Å². The molecule has 0 aliphatic carbocycles. The van der Waals surface area contributed by atoms with E-state index in [0.29, 0.717) is 16.2 Å². The summed E-state index contributed by atoms with van der Waals surface area (Å²) in [5, 5.41) is 12.8. The highest BCUT2D eigenvalue weighted by molar-refractivity contribution is 7.89. The Morgan fingerprint density at radius 2 is 1.83 bits per heavy atom. The fourth-order valence-electron chi connectivity index (χ4n) is 1.88. The molecule has 0 amide bonds. The highest BCUT2D eigenvalue weighted by Crippen LogP contribution is 2.19. The van der Waals surface area contributed by atoms with Crippen molar-refractivity contribution < 1.29 is 18.3 Å². The number of sulfonamides is 1. The molecule has 1 aromatic carbocycles. The minimum atomic E-state index is -3.78. The van der Waals surface area contributed by atoms with Crippen molar-refractivity contribution in [1.82, 2.24) is 4.83 Å². The molecule has 2 rings (SSSR count). The van der Waals surface area contributed by atoms with Gasteiger partial charge in [-0.2, -0.15) is 18.4 Å². The van der Waals surface area contributed by atoms with Crippen LogP contribution in [0.15, 0.2) is 40.3 Å². The van der Waals surface area contributed by atoms with E-state index in [1.165, 1.54) is 6.07 Å². The molecule has 0 saturated carbocycles. The van der Waals surface area contributed by atoms with Crippen LogP contribution >= 0.6 is 11.3 Å². The topological polar surface area (TPSA) is 95.8 Å². The predicted octanol–water partition coefficient (Wildman–Crippen LogP) is 2.77. The second-order valence-corrected chi connectivity index (χ2v) is 7.74. The molecule has 1 aromatic heterocycles. The van der Waals surface area contributed by atoms with Gasteiger partial charge >= 0.3 is 5.97 Å². The van der Waals surface area contributed by atoms with Crippen molar-refractivity contribution in [3.05, 3.63) is 51.2 Å². The van der Waals surface area contributed by atoms with Gasteiger partial charge in [0.2, 0.25) is 0 Å². The van der Waals surface area contributed by atoms with E-state index in [1.54, 1.807) is 32.0 Å². The molecule has 2 aromatic rings. The molecular formula is C15H16N2O4S2. The fourth-order valence-corrected chi connectivity index (χ4v) is 3.86. The van der Waals surface area contributed by atoms with Crippen LogP contribution in [0.4, 0.5) is 0 Å². The molecule has 122 valence electrons. The van der Waals surface area contributed by atoms with Crippen molar-refractivity contribution >= 4 is 33.0 Å². The van der Waals surface area contributed by atoms with E-state index in [0.717, 1.165) is 16.9 Å². The Hall–Kier alpha value is -2.19. The zero-order chi connectivity index (χ0) is 17.2. The SMILES string of the molecule is C/C(=N/NS(=O)(=O)c1cc(C)ccc1C)c1ccc(C(=O)O)s1. The van der Waals surface area contributed by atoms with Crippen LogP contribution in [0.1, 0.15) is 32.6 Å². The standard InChI is InChI=1S/C15H16N2O4S2/c1-9-4-5-10(2)14(8-9)23(20,21)17-16-11(3)12-6-7-13(22-12)15(18)19/h4-8,17H,1-3H3,(H,18,19)/b16-11-. The van der Waals surface area contributed by atoms with Gasteiger partial charge in [0.15, 0.2) is 0 Å². The zero-order valence-corrected chi connectivity index (χ0v) is 14.5. The summed E-state index contributed by atoms with van der Waals surface area (Å²) in [6, 6.07) is 8.21. The molecule has 0 radical (unpaired) electrons. The highest BCUT2D eigenvalue weighted by atomic mass is 32.2. The van der Waals surface area contributed by atoms with E-state index >= 15 is 0 Å². The lowest BCUT2D eigenvalue weighted by molar-refractivity contribution is 0.0702. The number of rotatable bonds is 5. The first-order chi connectivity index (χ1) is 10.7. The number of hydrogen-bond acceptors (Lipinski definition) is 5. The molecule has 0 spiro atoms. The van der Waals surface area contributed by atoms with Crippen LogP contribution in [-0.2, 0) is 10.0 Å². The number of nitrogens with zero attached hydrogens (tertiary/aromatic N) is 1. The Labute approximate surface area is 138 Å². The lowest BCUT2D eigenvalue weighted by atomic mass is 10.2. The second-order valence-electron chi connectivity index (χ2n) is 5.03. The third-order valence-corrected chi connectivity index (χ3v) is 5.67. The van der Waals surface area contributed by atoms with Gasteiger partial charge in [-0.3, -0.25) is 0 Å². The number of hydrazone groups is 1. The maximum Gasteiger partial charge on any atom is 0.345 e. The minimum Gasteiger partial charge on any atom is -0.477 e. The van der Waals surface area contributed by atoms with Gasteiger partial charge in [-0.15, -0.1) is 11.3 Å². The highest BCUT2D eigenvalue weighted by Gasteiger charge is 2.16. The summed E-state index contributed by atoms with van der Waals surface area (Å²) in [6.07, 6.45) is 0. The number of hydrogen-bond donors (Lipinski definition) is 2. The lowest BCUT2D eigenvalue weighted by Crippen LogP contribution is -2.20. The Balaban J connectivity index is 2.26. The molecule has 23 heavy (non-hydrogen) atoms. The summed E-state index contributed by atoms with van der Waals surface area (Å²) in [7, 11) is -3.78. The number of carbonyl (C=O) groups is 1. The third-order valence-electron chi connectivity index (χ3n) is 3.14. The number of carboxylic acids is 1. The molecule has 2 N–H and O–H groups in total. The smallest absolute Gasteiger partial charge is 0.345 e. The largest absolute Gasteiger partial charge is 0.477 e. The lowest BCUT2D eigenvalue weighted by Gasteiger charge is -2.08. The molecular weight excluding hydrogens is 336 g/mol. The zero-order valence-electron chi connectivity index (χ0n) is 12.8. The van der Waals surface area contributed by atoms with Gasteiger partial charge in [0.25, 0.3) is 10.0 Å².